The molecule has 4 aromatic rings. The highest BCUT2D eigenvalue weighted by atomic mass is 19.4. The van der Waals surface area contributed by atoms with Crippen molar-refractivity contribution >= 4 is 11.9 Å². The summed E-state index contributed by atoms with van der Waals surface area (Å²) in [5.41, 5.74) is 1.98. The summed E-state index contributed by atoms with van der Waals surface area (Å²) < 4.78 is 43.5. The van der Waals surface area contributed by atoms with Crippen LogP contribution >= 0.6 is 0 Å². The number of rotatable bonds is 8. The Morgan fingerprint density at radius 3 is 2.08 bits per heavy atom. The minimum atomic E-state index is -4.50. The van der Waals surface area contributed by atoms with Crippen LogP contribution in [0.4, 0.5) is 13.2 Å². The van der Waals surface area contributed by atoms with Crippen molar-refractivity contribution in [3.05, 3.63) is 114 Å². The molecule has 0 aliphatic rings. The second-order valence-electron chi connectivity index (χ2n) is 8.12. The lowest BCUT2D eigenvalue weighted by atomic mass is 9.99. The molecule has 0 radical (unpaired) electrons. The molecular weight excluding hydrogens is 485 g/mol. The van der Waals surface area contributed by atoms with Crippen LogP contribution in [0.25, 0.3) is 11.1 Å². The number of hydrogen-bond donors (Lipinski definition) is 2. The highest BCUT2D eigenvalue weighted by Crippen LogP contribution is 2.30. The van der Waals surface area contributed by atoms with Gasteiger partial charge in [0.25, 0.3) is 5.91 Å². The fraction of sp³-hybridized carbons (Fsp3) is 0.107. The normalized spacial score (nSPS) is 12.0. The minimum Gasteiger partial charge on any atom is -0.481 e. The SMILES string of the molecule is O=C(O)CC(NC(=O)c1ccc(Oc2ccc(C(F)(F)F)cn2)cc1)c1ccc(-c2ccccc2)cc1. The van der Waals surface area contributed by atoms with Crippen LogP contribution in [-0.4, -0.2) is 22.0 Å². The van der Waals surface area contributed by atoms with Gasteiger partial charge in [-0.25, -0.2) is 4.98 Å². The summed E-state index contributed by atoms with van der Waals surface area (Å²) in [6.07, 6.45) is -4.13. The van der Waals surface area contributed by atoms with E-state index >= 15 is 0 Å². The summed E-state index contributed by atoms with van der Waals surface area (Å²) in [6, 6.07) is 24.1. The zero-order valence-corrected chi connectivity index (χ0v) is 19.3. The number of amides is 1. The van der Waals surface area contributed by atoms with Crippen molar-refractivity contribution in [1.29, 1.82) is 0 Å². The molecule has 2 N–H and O–H groups in total. The average Bonchev–Trinajstić information content (AvgIpc) is 2.89. The Hall–Kier alpha value is -4.66. The van der Waals surface area contributed by atoms with E-state index in [4.69, 9.17) is 4.74 Å². The molecule has 0 saturated heterocycles. The van der Waals surface area contributed by atoms with Crippen molar-refractivity contribution < 1.29 is 32.6 Å². The number of ether oxygens (including phenoxy) is 1. The smallest absolute Gasteiger partial charge is 0.417 e. The fourth-order valence-electron chi connectivity index (χ4n) is 3.61. The maximum absolute atomic E-state index is 12.8. The van der Waals surface area contributed by atoms with Gasteiger partial charge in [-0.3, -0.25) is 9.59 Å². The summed E-state index contributed by atoms with van der Waals surface area (Å²) in [5.74, 6) is -1.32. The van der Waals surface area contributed by atoms with Gasteiger partial charge in [-0.1, -0.05) is 54.6 Å². The van der Waals surface area contributed by atoms with Crippen LogP contribution < -0.4 is 10.1 Å². The first kappa shape index (κ1) is 25.4. The van der Waals surface area contributed by atoms with E-state index in [0.29, 0.717) is 11.8 Å². The first-order valence-electron chi connectivity index (χ1n) is 11.2. The van der Waals surface area contributed by atoms with Crippen molar-refractivity contribution in [1.82, 2.24) is 10.3 Å². The van der Waals surface area contributed by atoms with Crippen molar-refractivity contribution in [2.45, 2.75) is 18.6 Å². The minimum absolute atomic E-state index is 0.0364. The van der Waals surface area contributed by atoms with E-state index in [1.807, 2.05) is 42.5 Å². The van der Waals surface area contributed by atoms with E-state index in [0.717, 1.165) is 23.3 Å². The molecule has 0 spiro atoms. The number of pyridine rings is 1. The molecule has 1 heterocycles. The highest BCUT2D eigenvalue weighted by Gasteiger charge is 2.30. The molecular formula is C28H21F3N2O4. The number of carboxylic acids is 1. The number of carboxylic acid groups (broad SMARTS) is 1. The second-order valence-corrected chi connectivity index (χ2v) is 8.12. The number of aromatic nitrogens is 1. The topological polar surface area (TPSA) is 88.5 Å². The molecule has 37 heavy (non-hydrogen) atoms. The second kappa shape index (κ2) is 10.9. The molecule has 3 aromatic carbocycles. The van der Waals surface area contributed by atoms with Crippen LogP contribution in [0.5, 0.6) is 11.6 Å². The van der Waals surface area contributed by atoms with E-state index in [1.165, 1.54) is 24.3 Å². The molecule has 0 bridgehead atoms. The number of nitrogens with one attached hydrogen (secondary N) is 1. The summed E-state index contributed by atoms with van der Waals surface area (Å²) in [4.78, 5) is 27.9. The number of halogens is 3. The third-order valence-corrected chi connectivity index (χ3v) is 5.51. The molecule has 4 rings (SSSR count). The Labute approximate surface area is 210 Å². The predicted molar refractivity (Wildman–Crippen MR) is 130 cm³/mol. The Balaban J connectivity index is 1.43. The monoisotopic (exact) mass is 506 g/mol. The molecule has 0 saturated carbocycles. The predicted octanol–water partition coefficient (Wildman–Crippen LogP) is 6.51. The molecule has 0 aliphatic carbocycles. The Kier molecular flexibility index (Phi) is 7.52. The molecule has 1 atom stereocenters. The summed E-state index contributed by atoms with van der Waals surface area (Å²) in [6.45, 7) is 0. The van der Waals surface area contributed by atoms with Crippen LogP contribution in [0.1, 0.15) is 33.9 Å². The number of alkyl halides is 3. The lowest BCUT2D eigenvalue weighted by Gasteiger charge is -2.18. The Morgan fingerprint density at radius 2 is 1.51 bits per heavy atom. The number of carbonyl (C=O) groups excluding carboxylic acids is 1. The van der Waals surface area contributed by atoms with Gasteiger partial charge < -0.3 is 15.2 Å². The van der Waals surface area contributed by atoms with Crippen molar-refractivity contribution in [3.63, 3.8) is 0 Å². The van der Waals surface area contributed by atoms with Crippen LogP contribution in [-0.2, 0) is 11.0 Å². The quantitative estimate of drug-likeness (QED) is 0.285. The first-order chi connectivity index (χ1) is 17.7. The van der Waals surface area contributed by atoms with Gasteiger partial charge in [0, 0.05) is 17.8 Å². The molecule has 9 heteroatoms. The molecule has 0 aliphatic heterocycles. The third-order valence-electron chi connectivity index (χ3n) is 5.51. The van der Waals surface area contributed by atoms with Gasteiger partial charge in [0.1, 0.15) is 5.75 Å². The fourth-order valence-corrected chi connectivity index (χ4v) is 3.61. The van der Waals surface area contributed by atoms with Gasteiger partial charge in [-0.2, -0.15) is 13.2 Å². The van der Waals surface area contributed by atoms with Crippen LogP contribution in [0.2, 0.25) is 0 Å². The molecule has 1 amide bonds. The zero-order chi connectivity index (χ0) is 26.4. The van der Waals surface area contributed by atoms with Gasteiger partial charge in [-0.05, 0) is 47.0 Å². The van der Waals surface area contributed by atoms with Crippen molar-refractivity contribution in [2.75, 3.05) is 0 Å². The van der Waals surface area contributed by atoms with Gasteiger partial charge in [0.15, 0.2) is 0 Å². The highest BCUT2D eigenvalue weighted by molar-refractivity contribution is 5.94. The third kappa shape index (κ3) is 6.72. The molecule has 0 fully saturated rings. The number of nitrogens with zero attached hydrogens (tertiary/aromatic N) is 1. The maximum atomic E-state index is 12.8. The first-order valence-corrected chi connectivity index (χ1v) is 11.2. The molecule has 1 aromatic heterocycles. The van der Waals surface area contributed by atoms with E-state index in [1.54, 1.807) is 12.1 Å². The zero-order valence-electron chi connectivity index (χ0n) is 19.3. The average molecular weight is 506 g/mol. The van der Waals surface area contributed by atoms with Crippen LogP contribution in [0.15, 0.2) is 97.2 Å². The van der Waals surface area contributed by atoms with Crippen LogP contribution in [0.3, 0.4) is 0 Å². The van der Waals surface area contributed by atoms with E-state index < -0.39 is 29.7 Å². The summed E-state index contributed by atoms with van der Waals surface area (Å²) in [7, 11) is 0. The molecule has 1 unspecified atom stereocenters. The van der Waals surface area contributed by atoms with Gasteiger partial charge in [0.2, 0.25) is 5.88 Å². The van der Waals surface area contributed by atoms with Crippen molar-refractivity contribution in [2.24, 2.45) is 0 Å². The lowest BCUT2D eigenvalue weighted by molar-refractivity contribution is -0.138. The Morgan fingerprint density at radius 1 is 0.865 bits per heavy atom. The Bertz CT molecular complexity index is 1360. The van der Waals surface area contributed by atoms with Crippen molar-refractivity contribution in [3.8, 4) is 22.8 Å². The van der Waals surface area contributed by atoms with Gasteiger partial charge in [-0.15, -0.1) is 0 Å². The van der Waals surface area contributed by atoms with E-state index in [2.05, 4.69) is 10.3 Å². The largest absolute Gasteiger partial charge is 0.481 e. The standard InChI is InChI=1S/C28H21F3N2O4/c29-28(30,31)22-12-15-25(32-17-22)37-23-13-10-21(11-14-23)27(36)33-24(16-26(34)35)20-8-6-19(7-9-20)18-4-2-1-3-5-18/h1-15,17,24H,16H2,(H,33,36)(H,34,35). The van der Waals surface area contributed by atoms with Crippen LogP contribution in [0, 0.1) is 0 Å². The molecule has 6 nitrogen and oxygen atoms in total. The number of carbonyl (C=O) groups is 2. The summed E-state index contributed by atoms with van der Waals surface area (Å²) in [5, 5.41) is 12.1. The lowest BCUT2D eigenvalue weighted by Crippen LogP contribution is -2.30. The van der Waals surface area contributed by atoms with E-state index in [9.17, 15) is 27.9 Å². The summed E-state index contributed by atoms with van der Waals surface area (Å²) >= 11 is 0. The number of benzene rings is 3. The number of aliphatic carboxylic acids is 1. The van der Waals surface area contributed by atoms with Gasteiger partial charge >= 0.3 is 12.1 Å². The van der Waals surface area contributed by atoms with E-state index in [-0.39, 0.29) is 23.6 Å². The van der Waals surface area contributed by atoms with Gasteiger partial charge in [0.05, 0.1) is 18.0 Å². The number of hydrogen-bond acceptors (Lipinski definition) is 4. The molecule has 188 valence electrons. The maximum Gasteiger partial charge on any atom is 0.417 e.